The van der Waals surface area contributed by atoms with Crippen molar-refractivity contribution in [1.29, 1.82) is 5.41 Å². The van der Waals surface area contributed by atoms with Gasteiger partial charge >= 0.3 is 0 Å². The number of hydrogen-bond donors (Lipinski definition) is 1. The molecule has 0 unspecified atom stereocenters. The maximum Gasteiger partial charge on any atom is 0.271 e. The number of rotatable bonds is 2. The molecule has 0 saturated carbocycles. The number of thioether (sulfide) groups is 1. The van der Waals surface area contributed by atoms with Gasteiger partial charge in [-0.2, -0.15) is 0 Å². The van der Waals surface area contributed by atoms with E-state index in [-0.39, 0.29) is 16.9 Å². The quantitative estimate of drug-likeness (QED) is 0.845. The van der Waals surface area contributed by atoms with Gasteiger partial charge in [0, 0.05) is 0 Å². The first-order valence-corrected chi connectivity index (χ1v) is 7.51. The number of carbonyl (C=O) groups excluding carboxylic acids is 1. The fourth-order valence-corrected chi connectivity index (χ4v) is 3.06. The smallest absolute Gasteiger partial charge is 0.271 e. The van der Waals surface area contributed by atoms with E-state index in [0.29, 0.717) is 10.6 Å². The fourth-order valence-electron chi connectivity index (χ4n) is 2.20. The Morgan fingerprint density at radius 2 is 1.91 bits per heavy atom. The molecule has 0 spiro atoms. The molecule has 0 radical (unpaired) electrons. The molecule has 0 aliphatic carbocycles. The van der Waals surface area contributed by atoms with Crippen molar-refractivity contribution in [3.63, 3.8) is 0 Å². The van der Waals surface area contributed by atoms with Crippen molar-refractivity contribution in [1.82, 2.24) is 0 Å². The molecule has 110 valence electrons. The van der Waals surface area contributed by atoms with Gasteiger partial charge in [0.05, 0.1) is 10.6 Å². The Morgan fingerprint density at radius 1 is 1.18 bits per heavy atom. The Morgan fingerprint density at radius 3 is 2.59 bits per heavy atom. The molecule has 1 saturated heterocycles. The second kappa shape index (κ2) is 5.77. The number of amidine groups is 1. The van der Waals surface area contributed by atoms with E-state index in [1.165, 1.54) is 17.0 Å². The summed E-state index contributed by atoms with van der Waals surface area (Å²) in [5.41, 5.74) is 2.44. The van der Waals surface area contributed by atoms with E-state index in [0.717, 1.165) is 22.9 Å². The Bertz CT molecular complexity index is 784. The van der Waals surface area contributed by atoms with Gasteiger partial charge in [-0.15, -0.1) is 0 Å². The van der Waals surface area contributed by atoms with Crippen molar-refractivity contribution in [2.75, 3.05) is 4.90 Å². The van der Waals surface area contributed by atoms with Crippen LogP contribution in [0.1, 0.15) is 11.1 Å². The average molecular weight is 312 g/mol. The van der Waals surface area contributed by atoms with E-state index >= 15 is 0 Å². The summed E-state index contributed by atoms with van der Waals surface area (Å²) in [7, 11) is 0. The molecule has 1 aliphatic heterocycles. The highest BCUT2D eigenvalue weighted by Crippen LogP contribution is 2.35. The van der Waals surface area contributed by atoms with Gasteiger partial charge in [-0.25, -0.2) is 4.39 Å². The van der Waals surface area contributed by atoms with Gasteiger partial charge in [-0.3, -0.25) is 15.1 Å². The van der Waals surface area contributed by atoms with E-state index in [1.807, 2.05) is 25.1 Å². The highest BCUT2D eigenvalue weighted by atomic mass is 32.2. The maximum absolute atomic E-state index is 12.9. The number of halogens is 1. The molecule has 1 amide bonds. The molecule has 22 heavy (non-hydrogen) atoms. The first-order valence-electron chi connectivity index (χ1n) is 6.69. The van der Waals surface area contributed by atoms with Crippen molar-refractivity contribution < 1.29 is 9.18 Å². The third-order valence-electron chi connectivity index (χ3n) is 3.25. The highest BCUT2D eigenvalue weighted by Gasteiger charge is 2.33. The van der Waals surface area contributed by atoms with Crippen LogP contribution in [0.3, 0.4) is 0 Å². The molecular formula is C17H13FN2OS. The second-order valence-corrected chi connectivity index (χ2v) is 5.98. The largest absolute Gasteiger partial charge is 0.278 e. The van der Waals surface area contributed by atoms with E-state index in [2.05, 4.69) is 0 Å². The topological polar surface area (TPSA) is 44.2 Å². The van der Waals surface area contributed by atoms with Crippen LogP contribution in [0.15, 0.2) is 53.4 Å². The summed E-state index contributed by atoms with van der Waals surface area (Å²) in [6.07, 6.45) is 1.68. The van der Waals surface area contributed by atoms with Gasteiger partial charge in [0.2, 0.25) is 0 Å². The van der Waals surface area contributed by atoms with Crippen LogP contribution in [-0.4, -0.2) is 11.1 Å². The number of hydrogen-bond acceptors (Lipinski definition) is 3. The third kappa shape index (κ3) is 2.80. The lowest BCUT2D eigenvalue weighted by Gasteiger charge is -2.14. The standard InChI is InChI=1S/C17H13FN2OS/c1-11-3-2-4-14(9-11)20-16(21)15(22-17(20)19)10-12-5-7-13(18)8-6-12/h2-10,19H,1H3. The van der Waals surface area contributed by atoms with Crippen LogP contribution in [0.5, 0.6) is 0 Å². The maximum atomic E-state index is 12.9. The molecule has 3 rings (SSSR count). The Balaban J connectivity index is 1.93. The molecule has 2 aromatic rings. The molecule has 0 bridgehead atoms. The summed E-state index contributed by atoms with van der Waals surface area (Å²) in [6, 6.07) is 13.4. The fraction of sp³-hybridized carbons (Fsp3) is 0.0588. The van der Waals surface area contributed by atoms with Gasteiger partial charge in [-0.05, 0) is 60.2 Å². The lowest BCUT2D eigenvalue weighted by Crippen LogP contribution is -2.28. The molecule has 3 nitrogen and oxygen atoms in total. The zero-order valence-corrected chi connectivity index (χ0v) is 12.7. The number of carbonyl (C=O) groups is 1. The van der Waals surface area contributed by atoms with E-state index in [4.69, 9.17) is 5.41 Å². The normalized spacial score (nSPS) is 16.6. The first-order chi connectivity index (χ1) is 10.5. The zero-order valence-electron chi connectivity index (χ0n) is 11.8. The number of benzene rings is 2. The third-order valence-corrected chi connectivity index (χ3v) is 4.14. The van der Waals surface area contributed by atoms with Crippen molar-refractivity contribution in [3.8, 4) is 0 Å². The van der Waals surface area contributed by atoms with Crippen molar-refractivity contribution in [2.45, 2.75) is 6.92 Å². The lowest BCUT2D eigenvalue weighted by molar-refractivity contribution is -0.113. The van der Waals surface area contributed by atoms with Crippen LogP contribution in [0.4, 0.5) is 10.1 Å². The average Bonchev–Trinajstić information content (AvgIpc) is 2.76. The predicted octanol–water partition coefficient (Wildman–Crippen LogP) is 4.19. The molecule has 2 aromatic carbocycles. The molecule has 0 atom stereocenters. The predicted molar refractivity (Wildman–Crippen MR) is 88.4 cm³/mol. The van der Waals surface area contributed by atoms with Crippen LogP contribution in [-0.2, 0) is 4.79 Å². The highest BCUT2D eigenvalue weighted by molar-refractivity contribution is 8.19. The minimum Gasteiger partial charge on any atom is -0.278 e. The summed E-state index contributed by atoms with van der Waals surface area (Å²) in [5.74, 6) is -0.549. The Kier molecular flexibility index (Phi) is 3.81. The minimum atomic E-state index is -0.318. The summed E-state index contributed by atoms with van der Waals surface area (Å²) in [4.78, 5) is 14.4. The van der Waals surface area contributed by atoms with Gasteiger partial charge in [0.15, 0.2) is 5.17 Å². The lowest BCUT2D eigenvalue weighted by atomic mass is 10.2. The van der Waals surface area contributed by atoms with Gasteiger partial charge in [0.1, 0.15) is 5.82 Å². The van der Waals surface area contributed by atoms with Crippen LogP contribution < -0.4 is 4.90 Å². The van der Waals surface area contributed by atoms with Gasteiger partial charge in [-0.1, -0.05) is 24.3 Å². The Labute approximate surface area is 132 Å². The molecule has 1 fully saturated rings. The molecular weight excluding hydrogens is 299 g/mol. The van der Waals surface area contributed by atoms with Gasteiger partial charge < -0.3 is 0 Å². The van der Waals surface area contributed by atoms with Gasteiger partial charge in [0.25, 0.3) is 5.91 Å². The SMILES string of the molecule is Cc1cccc(N2C(=N)SC(=Cc3ccc(F)cc3)C2=O)c1. The van der Waals surface area contributed by atoms with Crippen LogP contribution in [0.25, 0.3) is 6.08 Å². The number of aryl methyl sites for hydroxylation is 1. The zero-order chi connectivity index (χ0) is 15.7. The minimum absolute atomic E-state index is 0.170. The van der Waals surface area contributed by atoms with Crippen LogP contribution >= 0.6 is 11.8 Å². The molecule has 1 heterocycles. The Hall–Kier alpha value is -2.40. The molecule has 1 N–H and O–H groups in total. The summed E-state index contributed by atoms with van der Waals surface area (Å²) < 4.78 is 12.9. The number of anilines is 1. The number of nitrogens with zero attached hydrogens (tertiary/aromatic N) is 1. The van der Waals surface area contributed by atoms with Crippen LogP contribution in [0.2, 0.25) is 0 Å². The van der Waals surface area contributed by atoms with Crippen molar-refractivity contribution >= 4 is 34.6 Å². The van der Waals surface area contributed by atoms with Crippen LogP contribution in [0, 0.1) is 18.2 Å². The first kappa shape index (κ1) is 14.5. The van der Waals surface area contributed by atoms with E-state index in [1.54, 1.807) is 24.3 Å². The number of nitrogens with one attached hydrogen (secondary N) is 1. The molecule has 5 heteroatoms. The monoisotopic (exact) mass is 312 g/mol. The molecule has 0 aromatic heterocycles. The summed E-state index contributed by atoms with van der Waals surface area (Å²) in [6.45, 7) is 1.94. The van der Waals surface area contributed by atoms with E-state index < -0.39 is 0 Å². The van der Waals surface area contributed by atoms with E-state index in [9.17, 15) is 9.18 Å². The summed E-state index contributed by atoms with van der Waals surface area (Å²) in [5, 5.41) is 8.21. The molecule has 1 aliphatic rings. The second-order valence-electron chi connectivity index (χ2n) is 4.95. The van der Waals surface area contributed by atoms with Crippen molar-refractivity contribution in [3.05, 3.63) is 70.4 Å². The number of amides is 1. The van der Waals surface area contributed by atoms with Crippen molar-refractivity contribution in [2.24, 2.45) is 0 Å². The summed E-state index contributed by atoms with van der Waals surface area (Å²) >= 11 is 1.11.